The molecule has 0 radical (unpaired) electrons. The monoisotopic (exact) mass is 420 g/mol. The maximum Gasteiger partial charge on any atom is 0.328 e. The van der Waals surface area contributed by atoms with Gasteiger partial charge in [0.1, 0.15) is 11.9 Å². The number of aliphatic carboxylic acids is 2. The van der Waals surface area contributed by atoms with Gasteiger partial charge >= 0.3 is 23.3 Å². The summed E-state index contributed by atoms with van der Waals surface area (Å²) in [5.74, 6) is -1.96. The molecule has 5 N–H and O–H groups in total. The van der Waals surface area contributed by atoms with Crippen LogP contribution < -0.4 is 22.5 Å². The van der Waals surface area contributed by atoms with Gasteiger partial charge in [0, 0.05) is 24.5 Å². The van der Waals surface area contributed by atoms with E-state index in [1.54, 1.807) is 0 Å². The quantitative estimate of drug-likeness (QED) is 0.356. The number of hydrogen-bond donors (Lipinski definition) is 5. The minimum absolute atomic E-state index is 0.0347. The van der Waals surface area contributed by atoms with Crippen molar-refractivity contribution in [2.75, 3.05) is 5.33 Å². The van der Waals surface area contributed by atoms with E-state index in [9.17, 15) is 28.8 Å². The Bertz CT molecular complexity index is 900. The van der Waals surface area contributed by atoms with Gasteiger partial charge in [-0.2, -0.15) is 0 Å². The number of aromatic nitrogens is 4. The molecule has 0 aliphatic carbocycles. The summed E-state index contributed by atoms with van der Waals surface area (Å²) in [4.78, 5) is 67.4. The third kappa shape index (κ3) is 11.0. The first-order chi connectivity index (χ1) is 11.6. The molecule has 2 aromatic heterocycles. The number of carboxylic acid groups (broad SMARTS) is 2. The van der Waals surface area contributed by atoms with Crippen LogP contribution in [0.15, 0.2) is 43.7 Å². The van der Waals surface area contributed by atoms with Crippen LogP contribution in [0.5, 0.6) is 0 Å². The van der Waals surface area contributed by atoms with Gasteiger partial charge in [-0.1, -0.05) is 15.9 Å². The van der Waals surface area contributed by atoms with Gasteiger partial charge < -0.3 is 15.2 Å². The highest BCUT2D eigenvalue weighted by molar-refractivity contribution is 9.09. The molecule has 0 aliphatic rings. The van der Waals surface area contributed by atoms with Crippen molar-refractivity contribution in [2.24, 2.45) is 0 Å². The molecule has 0 amide bonds. The Balaban J connectivity index is 0.000000382. The molecule has 0 atom stereocenters. The van der Waals surface area contributed by atoms with E-state index >= 15 is 0 Å². The molecule has 2 heterocycles. The van der Waals surface area contributed by atoms with Crippen LogP contribution >= 0.6 is 15.9 Å². The minimum atomic E-state index is -1.14. The van der Waals surface area contributed by atoms with E-state index in [1.165, 1.54) is 12.3 Å². The van der Waals surface area contributed by atoms with Crippen LogP contribution in [0.25, 0.3) is 0 Å². The molecule has 0 unspecified atom stereocenters. The van der Waals surface area contributed by atoms with Gasteiger partial charge in [0.15, 0.2) is 0 Å². The predicted molar refractivity (Wildman–Crippen MR) is 88.1 cm³/mol. The Kier molecular flexibility index (Phi) is 9.88. The van der Waals surface area contributed by atoms with Crippen LogP contribution in [0.4, 0.5) is 0 Å². The van der Waals surface area contributed by atoms with Crippen molar-refractivity contribution in [2.45, 2.75) is 6.54 Å². The van der Waals surface area contributed by atoms with Crippen LogP contribution in [-0.2, 0) is 16.1 Å². The van der Waals surface area contributed by atoms with Crippen molar-refractivity contribution in [3.63, 3.8) is 0 Å². The van der Waals surface area contributed by atoms with E-state index in [0.717, 1.165) is 16.8 Å². The number of hydrogen-bond acceptors (Lipinski definition) is 6. The number of carbonyl (C=O) groups is 2. The fourth-order valence-corrected chi connectivity index (χ4v) is 1.10. The van der Waals surface area contributed by atoms with Crippen molar-refractivity contribution in [1.29, 1.82) is 0 Å². The van der Waals surface area contributed by atoms with E-state index in [4.69, 9.17) is 10.2 Å². The Morgan fingerprint density at radius 1 is 1.00 bits per heavy atom. The molecule has 13 heteroatoms. The number of H-pyrrole nitrogens is 3. The van der Waals surface area contributed by atoms with Gasteiger partial charge in [-0.05, 0) is 0 Å². The molecule has 136 valence electrons. The lowest BCUT2D eigenvalue weighted by Gasteiger charge is -1.97. The maximum absolute atomic E-state index is 10.8. The molecule has 0 fully saturated rings. The summed E-state index contributed by atoms with van der Waals surface area (Å²) < 4.78 is 0.893. The van der Waals surface area contributed by atoms with E-state index in [1.807, 2.05) is 9.97 Å². The summed E-state index contributed by atoms with van der Waals surface area (Å²) in [6.45, 7) is -0.449. The third-order valence-corrected chi connectivity index (χ3v) is 2.48. The van der Waals surface area contributed by atoms with E-state index in [2.05, 4.69) is 20.9 Å². The smallest absolute Gasteiger partial charge is 0.328 e. The molecule has 0 spiro atoms. The highest BCUT2D eigenvalue weighted by atomic mass is 79.9. The maximum atomic E-state index is 10.8. The summed E-state index contributed by atoms with van der Waals surface area (Å²) in [5, 5.41) is 16.0. The summed E-state index contributed by atoms with van der Waals surface area (Å²) in [6.07, 6.45) is 2.43. The van der Waals surface area contributed by atoms with Gasteiger partial charge in [0.25, 0.3) is 11.1 Å². The Morgan fingerprint density at radius 3 is 1.92 bits per heavy atom. The molecule has 0 saturated heterocycles. The second-order valence-corrected chi connectivity index (χ2v) is 4.52. The molecule has 2 rings (SSSR count). The van der Waals surface area contributed by atoms with E-state index in [-0.39, 0.29) is 10.9 Å². The Labute approximate surface area is 145 Å². The second kappa shape index (κ2) is 11.3. The predicted octanol–water partition coefficient (Wildman–Crippen LogP) is -1.85. The molecule has 0 saturated carbocycles. The van der Waals surface area contributed by atoms with Gasteiger partial charge in [-0.15, -0.1) is 0 Å². The Morgan fingerprint density at radius 2 is 1.56 bits per heavy atom. The highest BCUT2D eigenvalue weighted by Crippen LogP contribution is 1.75. The van der Waals surface area contributed by atoms with Crippen LogP contribution in [-0.4, -0.2) is 47.0 Å². The van der Waals surface area contributed by atoms with Crippen molar-refractivity contribution >= 4 is 27.9 Å². The average Bonchev–Trinajstić information content (AvgIpc) is 2.51. The van der Waals surface area contributed by atoms with Crippen molar-refractivity contribution in [3.8, 4) is 0 Å². The van der Waals surface area contributed by atoms with Gasteiger partial charge in [0.2, 0.25) is 0 Å². The molecule has 0 aliphatic heterocycles. The number of carboxylic acids is 2. The molecule has 2 aromatic rings. The lowest BCUT2D eigenvalue weighted by molar-refractivity contribution is -0.138. The van der Waals surface area contributed by atoms with E-state index < -0.39 is 35.4 Å². The van der Waals surface area contributed by atoms with Gasteiger partial charge in [-0.3, -0.25) is 33.7 Å². The summed E-state index contributed by atoms with van der Waals surface area (Å²) >= 11 is 2.71. The van der Waals surface area contributed by atoms with Crippen molar-refractivity contribution in [1.82, 2.24) is 19.5 Å². The third-order valence-electron chi connectivity index (χ3n) is 2.00. The fraction of sp³-hybridized carbons (Fsp3) is 0.167. The standard InChI is InChI=1S/C6H6N2O4.C4H4N2O2.C2H3BrO2/c9-4-1-2-8(3-5(10)11)6(12)7-4;7-3-1-2-5-4(8)6-3;3-1-2(4)5/h1-2H,3H2,(H,10,11)(H,7,9,12);1-2H,(H2,5,6,7,8);1H2,(H,4,5). The summed E-state index contributed by atoms with van der Waals surface area (Å²) in [7, 11) is 0. The van der Waals surface area contributed by atoms with Crippen LogP contribution in [0.1, 0.15) is 0 Å². The van der Waals surface area contributed by atoms with Crippen LogP contribution in [0.2, 0.25) is 0 Å². The number of nitrogens with zero attached hydrogens (tertiary/aromatic N) is 1. The largest absolute Gasteiger partial charge is 0.481 e. The molecule has 0 bridgehead atoms. The Hall–Kier alpha value is -3.22. The lowest BCUT2D eigenvalue weighted by Crippen LogP contribution is -2.30. The second-order valence-electron chi connectivity index (χ2n) is 3.96. The van der Waals surface area contributed by atoms with E-state index in [0.29, 0.717) is 0 Å². The highest BCUT2D eigenvalue weighted by Gasteiger charge is 2.00. The molecule has 12 nitrogen and oxygen atoms in total. The number of rotatable bonds is 3. The topological polar surface area (TPSA) is 195 Å². The lowest BCUT2D eigenvalue weighted by atomic mass is 10.6. The molecular formula is C12H13BrN4O8. The zero-order valence-electron chi connectivity index (χ0n) is 12.4. The normalized spacial score (nSPS) is 9.00. The van der Waals surface area contributed by atoms with Crippen molar-refractivity contribution in [3.05, 3.63) is 66.2 Å². The first kappa shape index (κ1) is 21.8. The van der Waals surface area contributed by atoms with Gasteiger partial charge in [0.05, 0.1) is 0 Å². The van der Waals surface area contributed by atoms with Crippen LogP contribution in [0.3, 0.4) is 0 Å². The first-order valence-electron chi connectivity index (χ1n) is 6.23. The number of halogens is 1. The number of aromatic amines is 3. The average molecular weight is 421 g/mol. The first-order valence-corrected chi connectivity index (χ1v) is 7.35. The SMILES string of the molecule is O=C(O)CBr.O=C(O)Cn1ccc(=O)[nH]c1=O.O=c1cc[nH]c(=O)[nH]1. The minimum Gasteiger partial charge on any atom is -0.481 e. The van der Waals surface area contributed by atoms with Crippen LogP contribution in [0, 0.1) is 0 Å². The fourth-order valence-electron chi connectivity index (χ4n) is 1.10. The zero-order valence-corrected chi connectivity index (χ0v) is 14.0. The molecular weight excluding hydrogens is 408 g/mol. The number of alkyl halides is 1. The van der Waals surface area contributed by atoms with Crippen molar-refractivity contribution < 1.29 is 19.8 Å². The molecule has 25 heavy (non-hydrogen) atoms. The molecule has 0 aromatic carbocycles. The zero-order chi connectivity index (χ0) is 19.4. The van der Waals surface area contributed by atoms with Gasteiger partial charge in [-0.25, -0.2) is 9.59 Å². The summed E-state index contributed by atoms with van der Waals surface area (Å²) in [6, 6.07) is 2.33. The summed E-state index contributed by atoms with van der Waals surface area (Å²) in [5.41, 5.74) is -2.11. The number of nitrogens with one attached hydrogen (secondary N) is 3.